The van der Waals surface area contributed by atoms with Crippen LogP contribution in [0.15, 0.2) is 80.6 Å². The average Bonchev–Trinajstić information content (AvgIpc) is 3.38. The zero-order valence-electron chi connectivity index (χ0n) is 44.7. The lowest BCUT2D eigenvalue weighted by atomic mass is 10.0. The molecule has 0 fully saturated rings. The van der Waals surface area contributed by atoms with Gasteiger partial charge in [-0.2, -0.15) is 0 Å². The van der Waals surface area contributed by atoms with Crippen molar-refractivity contribution in [2.24, 2.45) is 77.5 Å². The summed E-state index contributed by atoms with van der Waals surface area (Å²) in [6.07, 6.45) is 1.18. The molecule has 0 unspecified atom stereocenters. The van der Waals surface area contributed by atoms with Crippen LogP contribution < -0.4 is 88.8 Å². The van der Waals surface area contributed by atoms with Gasteiger partial charge in [0, 0.05) is 39.1 Å². The first-order valence-corrected chi connectivity index (χ1v) is 25.9. The van der Waals surface area contributed by atoms with Gasteiger partial charge in [-0.1, -0.05) is 74.5 Å². The zero-order valence-corrected chi connectivity index (χ0v) is 44.7. The molecule has 78 heavy (non-hydrogen) atoms. The highest BCUT2D eigenvalue weighted by atomic mass is 16.3. The summed E-state index contributed by atoms with van der Waals surface area (Å²) in [5.74, 6) is -6.16. The van der Waals surface area contributed by atoms with Crippen LogP contribution in [0.4, 0.5) is 0 Å². The summed E-state index contributed by atoms with van der Waals surface area (Å²) in [4.78, 5) is 114. The maximum absolute atomic E-state index is 14.5. The van der Waals surface area contributed by atoms with Gasteiger partial charge >= 0.3 is 0 Å². The van der Waals surface area contributed by atoms with E-state index >= 15 is 0 Å². The third kappa shape index (κ3) is 28.0. The topological polar surface area (TPSA) is 508 Å². The van der Waals surface area contributed by atoms with E-state index in [2.05, 4.69) is 57.2 Å². The molecule has 0 bridgehead atoms. The number of rotatable bonds is 37. The monoisotopic (exact) mass is 1090 g/mol. The summed E-state index contributed by atoms with van der Waals surface area (Å²) in [5, 5.41) is 29.0. The predicted molar refractivity (Wildman–Crippen MR) is 299 cm³/mol. The minimum atomic E-state index is -1.41. The predicted octanol–water partition coefficient (Wildman–Crippen LogP) is -4.92. The Kier molecular flexibility index (Phi) is 31.0. The van der Waals surface area contributed by atoms with Crippen molar-refractivity contribution in [1.82, 2.24) is 37.2 Å². The fourth-order valence-corrected chi connectivity index (χ4v) is 7.70. The van der Waals surface area contributed by atoms with Crippen molar-refractivity contribution in [2.75, 3.05) is 39.3 Å². The van der Waals surface area contributed by atoms with Crippen molar-refractivity contribution in [3.05, 3.63) is 71.8 Å². The van der Waals surface area contributed by atoms with E-state index in [1.807, 2.05) is 44.2 Å². The summed E-state index contributed by atoms with van der Waals surface area (Å²) in [5.41, 5.74) is 52.1. The number of nitrogens with one attached hydrogen (secondary N) is 7. The molecule has 28 nitrogen and oxygen atoms in total. The van der Waals surface area contributed by atoms with Crippen LogP contribution in [0.3, 0.4) is 0 Å². The number of aliphatic hydroxyl groups excluding tert-OH is 1. The first-order chi connectivity index (χ1) is 37.1. The molecule has 0 aliphatic heterocycles. The van der Waals surface area contributed by atoms with Crippen LogP contribution in [0.25, 0.3) is 0 Å². The molecule has 0 aliphatic rings. The summed E-state index contributed by atoms with van der Waals surface area (Å²) in [6.45, 7) is 3.44. The molecular formula is C50H84N20O8. The second kappa shape index (κ2) is 36.7. The zero-order chi connectivity index (χ0) is 58.0. The fourth-order valence-electron chi connectivity index (χ4n) is 7.70. The molecule has 2 rings (SSSR count). The van der Waals surface area contributed by atoms with Gasteiger partial charge < -0.3 is 93.9 Å². The Balaban J connectivity index is 2.53. The number of nitrogens with two attached hydrogens (primary N) is 9. The summed E-state index contributed by atoms with van der Waals surface area (Å²) < 4.78 is 0. The first-order valence-electron chi connectivity index (χ1n) is 25.9. The Morgan fingerprint density at radius 1 is 0.449 bits per heavy atom. The Morgan fingerprint density at radius 3 is 1.12 bits per heavy atom. The molecule has 7 amide bonds. The number of nitrogens with zero attached hydrogens (tertiary/aromatic N) is 4. The van der Waals surface area contributed by atoms with Crippen LogP contribution in [0.1, 0.15) is 82.8 Å². The molecule has 0 aliphatic carbocycles. The van der Waals surface area contributed by atoms with Crippen molar-refractivity contribution in [3.63, 3.8) is 0 Å². The summed E-state index contributed by atoms with van der Waals surface area (Å²) in [6, 6.07) is 8.97. The molecule has 0 saturated heterocycles. The van der Waals surface area contributed by atoms with E-state index in [0.29, 0.717) is 18.4 Å². The van der Waals surface area contributed by atoms with E-state index in [1.54, 1.807) is 30.3 Å². The Labute approximate surface area is 455 Å². The largest absolute Gasteiger partial charge is 0.394 e. The van der Waals surface area contributed by atoms with E-state index in [4.69, 9.17) is 51.6 Å². The molecule has 26 N–H and O–H groups in total. The molecule has 28 heteroatoms. The van der Waals surface area contributed by atoms with Crippen molar-refractivity contribution in [3.8, 4) is 0 Å². The Morgan fingerprint density at radius 2 is 0.769 bits per heavy atom. The molecule has 432 valence electrons. The van der Waals surface area contributed by atoms with Crippen LogP contribution >= 0.6 is 0 Å². The smallest absolute Gasteiger partial charge is 0.244 e. The molecule has 7 atom stereocenters. The number of hydrogen-bond acceptors (Lipinski definition) is 13. The number of guanidine groups is 4. The van der Waals surface area contributed by atoms with Gasteiger partial charge in [0.1, 0.15) is 36.3 Å². The van der Waals surface area contributed by atoms with E-state index in [-0.39, 0.29) is 120 Å². The molecule has 0 radical (unpaired) electrons. The maximum atomic E-state index is 14.5. The lowest BCUT2D eigenvalue weighted by Gasteiger charge is -2.28. The summed E-state index contributed by atoms with van der Waals surface area (Å²) in [7, 11) is 0. The van der Waals surface area contributed by atoms with Crippen LogP contribution in [0.2, 0.25) is 0 Å². The SMILES string of the molecule is CC(C)C[C@H](N)C(=O)N[C@@H](CCCN=C(N)N)C(=O)N[C@@H](CCCN=C(N)N)C(=O)N[C@@H](CCCN=C(N)N)C(=O)N[C@@H](CCCN=C(N)N)C(=O)N[C@@H](Cc1ccccc1)C(=O)N[C@@H](CO)C(=O)NCCc1ccccc1. The van der Waals surface area contributed by atoms with E-state index in [1.165, 1.54) is 0 Å². The third-order valence-corrected chi connectivity index (χ3v) is 11.7. The number of amides is 7. The number of aliphatic hydroxyl groups is 1. The Bertz CT molecular complexity index is 2300. The lowest BCUT2D eigenvalue weighted by Crippen LogP contribution is -2.60. The normalized spacial score (nSPS) is 13.5. The van der Waals surface area contributed by atoms with Gasteiger partial charge in [0.15, 0.2) is 23.8 Å². The molecule has 2 aromatic rings. The first kappa shape index (κ1) is 65.8. The van der Waals surface area contributed by atoms with E-state index in [0.717, 1.165) is 5.56 Å². The molecule has 0 heterocycles. The lowest BCUT2D eigenvalue weighted by molar-refractivity contribution is -0.136. The molecule has 2 aromatic carbocycles. The molecular weight excluding hydrogens is 1010 g/mol. The minimum absolute atomic E-state index is 0.0272. The van der Waals surface area contributed by atoms with Gasteiger partial charge in [-0.25, -0.2) is 0 Å². The van der Waals surface area contributed by atoms with Crippen LogP contribution in [0, 0.1) is 5.92 Å². The van der Waals surface area contributed by atoms with Gasteiger partial charge in [-0.15, -0.1) is 0 Å². The molecule has 0 saturated carbocycles. The average molecular weight is 1090 g/mol. The number of hydrogen-bond donors (Lipinski definition) is 17. The standard InChI is InChI=1S/C50H84N20O8/c1-30(2)27-33(51)40(72)65-34(17-9-22-61-47(52)53)42(74)66-35(18-10-23-62-48(54)55)43(75)67-36(19-11-24-63-49(56)57)44(76)68-37(20-12-25-64-50(58)59)45(77)69-38(28-32-15-7-4-8-16-32)46(78)70-39(29-71)41(73)60-26-21-31-13-5-3-6-14-31/h3-8,13-16,30,33-39,71H,9-12,17-29,51H2,1-2H3,(H,60,73)(H,65,72)(H,66,74)(H,67,75)(H,68,76)(H,69,77)(H,70,78)(H4,52,53,61)(H4,54,55,62)(H4,56,57,63)(H4,58,59,64)/t33-,34-,35-,36-,37-,38-,39-/m0/s1. The highest BCUT2D eigenvalue weighted by Crippen LogP contribution is 2.11. The van der Waals surface area contributed by atoms with Crippen molar-refractivity contribution < 1.29 is 38.7 Å². The molecule has 0 spiro atoms. The van der Waals surface area contributed by atoms with Crippen molar-refractivity contribution >= 4 is 65.2 Å². The van der Waals surface area contributed by atoms with E-state index in [9.17, 15) is 38.7 Å². The highest BCUT2D eigenvalue weighted by Gasteiger charge is 2.34. The highest BCUT2D eigenvalue weighted by molar-refractivity contribution is 5.97. The van der Waals surface area contributed by atoms with Gasteiger partial charge in [0.05, 0.1) is 12.6 Å². The van der Waals surface area contributed by atoms with E-state index < -0.39 is 90.3 Å². The van der Waals surface area contributed by atoms with Gasteiger partial charge in [0.25, 0.3) is 0 Å². The second-order valence-electron chi connectivity index (χ2n) is 18.8. The maximum Gasteiger partial charge on any atom is 0.244 e. The third-order valence-electron chi connectivity index (χ3n) is 11.7. The van der Waals surface area contributed by atoms with Crippen LogP contribution in [-0.4, -0.2) is 152 Å². The summed E-state index contributed by atoms with van der Waals surface area (Å²) >= 11 is 0. The van der Waals surface area contributed by atoms with Gasteiger partial charge in [-0.3, -0.25) is 53.5 Å². The van der Waals surface area contributed by atoms with Crippen molar-refractivity contribution in [2.45, 2.75) is 127 Å². The number of benzene rings is 2. The minimum Gasteiger partial charge on any atom is -0.394 e. The quantitative estimate of drug-likeness (QED) is 0.0171. The number of carbonyl (C=O) groups is 7. The van der Waals surface area contributed by atoms with Crippen molar-refractivity contribution in [1.29, 1.82) is 0 Å². The molecule has 0 aromatic heterocycles. The fraction of sp³-hybridized carbons (Fsp3) is 0.540. The number of aliphatic imine (C=N–C) groups is 4. The van der Waals surface area contributed by atoms with Crippen LogP contribution in [0.5, 0.6) is 0 Å². The second-order valence-corrected chi connectivity index (χ2v) is 18.8. The van der Waals surface area contributed by atoms with Gasteiger partial charge in [0.2, 0.25) is 41.4 Å². The van der Waals surface area contributed by atoms with Crippen LogP contribution in [-0.2, 0) is 46.4 Å². The van der Waals surface area contributed by atoms with Gasteiger partial charge in [-0.05, 0) is 81.3 Å². The Hall–Kier alpha value is -8.27. The number of carbonyl (C=O) groups excluding carboxylic acids is 7.